The third-order valence-electron chi connectivity index (χ3n) is 2.49. The predicted molar refractivity (Wildman–Crippen MR) is 77.3 cm³/mol. The van der Waals surface area contributed by atoms with Gasteiger partial charge in [0.05, 0.1) is 0 Å². The topological polar surface area (TPSA) is 26.0 Å². The summed E-state index contributed by atoms with van der Waals surface area (Å²) in [4.78, 5) is 2.46. The molecule has 0 unspecified atom stereocenters. The molecule has 2 N–H and O–H groups in total. The van der Waals surface area contributed by atoms with E-state index in [-0.39, 0.29) is 0 Å². The van der Waals surface area contributed by atoms with Crippen molar-refractivity contribution in [2.45, 2.75) is 23.3 Å². The Morgan fingerprint density at radius 2 is 1.82 bits per heavy atom. The van der Waals surface area contributed by atoms with E-state index >= 15 is 0 Å². The Kier molecular flexibility index (Phi) is 4.26. The maximum absolute atomic E-state index is 5.76. The van der Waals surface area contributed by atoms with Crippen LogP contribution in [-0.4, -0.2) is 0 Å². The Hall–Kier alpha value is -0.770. The Morgan fingerprint density at radius 3 is 2.47 bits per heavy atom. The second-order valence-electron chi connectivity index (χ2n) is 3.87. The number of rotatable bonds is 3. The van der Waals surface area contributed by atoms with E-state index in [0.29, 0.717) is 6.54 Å². The molecule has 2 rings (SSSR count). The van der Waals surface area contributed by atoms with Gasteiger partial charge in [-0.05, 0) is 42.8 Å². The van der Waals surface area contributed by atoms with E-state index in [1.54, 1.807) is 11.8 Å². The van der Waals surface area contributed by atoms with Crippen molar-refractivity contribution in [2.75, 3.05) is 0 Å². The Morgan fingerprint density at radius 1 is 1.12 bits per heavy atom. The minimum atomic E-state index is 0.563. The van der Waals surface area contributed by atoms with Crippen LogP contribution in [0.1, 0.15) is 11.1 Å². The molecule has 3 heteroatoms. The smallest absolute Gasteiger partial charge is 0.0189 e. The molecule has 1 nitrogen and oxygen atoms in total. The Balaban J connectivity index is 2.26. The van der Waals surface area contributed by atoms with Crippen LogP contribution in [0.15, 0.2) is 56.7 Å². The predicted octanol–water partition coefficient (Wildman–Crippen LogP) is 4.37. The quantitative estimate of drug-likeness (QED) is 0.911. The van der Waals surface area contributed by atoms with Gasteiger partial charge in [0.15, 0.2) is 0 Å². The highest BCUT2D eigenvalue weighted by molar-refractivity contribution is 9.10. The first-order valence-corrected chi connectivity index (χ1v) is 7.03. The molecule has 0 amide bonds. The molecule has 17 heavy (non-hydrogen) atoms. The molecule has 0 aliphatic carbocycles. The summed E-state index contributed by atoms with van der Waals surface area (Å²) in [5, 5.41) is 0. The molecule has 0 spiro atoms. The highest BCUT2D eigenvalue weighted by Crippen LogP contribution is 2.32. The molecule has 88 valence electrons. The van der Waals surface area contributed by atoms with Gasteiger partial charge in [-0.3, -0.25) is 0 Å². The van der Waals surface area contributed by atoms with Crippen LogP contribution < -0.4 is 5.73 Å². The lowest BCUT2D eigenvalue weighted by atomic mass is 10.2. The molecular weight excluding hydrogens is 294 g/mol. The highest BCUT2D eigenvalue weighted by Gasteiger charge is 2.04. The van der Waals surface area contributed by atoms with Crippen molar-refractivity contribution < 1.29 is 0 Å². The lowest BCUT2D eigenvalue weighted by Crippen LogP contribution is -1.98. The summed E-state index contributed by atoms with van der Waals surface area (Å²) in [7, 11) is 0. The molecular formula is C14H14BrNS. The van der Waals surface area contributed by atoms with Crippen LogP contribution in [0.4, 0.5) is 0 Å². The van der Waals surface area contributed by atoms with Crippen molar-refractivity contribution in [3.05, 3.63) is 58.1 Å². The maximum Gasteiger partial charge on any atom is 0.0189 e. The summed E-state index contributed by atoms with van der Waals surface area (Å²) >= 11 is 5.22. The van der Waals surface area contributed by atoms with Gasteiger partial charge in [-0.15, -0.1) is 0 Å². The van der Waals surface area contributed by atoms with Gasteiger partial charge in [-0.25, -0.2) is 0 Å². The molecule has 0 saturated carbocycles. The normalized spacial score (nSPS) is 10.5. The SMILES string of the molecule is Cc1ccc(Sc2ccc(Br)cc2CN)cc1. The first kappa shape index (κ1) is 12.7. The van der Waals surface area contributed by atoms with E-state index in [1.807, 2.05) is 0 Å². The molecule has 0 saturated heterocycles. The van der Waals surface area contributed by atoms with Crippen molar-refractivity contribution in [2.24, 2.45) is 5.73 Å². The lowest BCUT2D eigenvalue weighted by Gasteiger charge is -2.08. The van der Waals surface area contributed by atoms with Gasteiger partial charge in [0, 0.05) is 20.8 Å². The summed E-state index contributed by atoms with van der Waals surface area (Å²) in [6, 6.07) is 14.8. The molecule has 0 aromatic heterocycles. The summed E-state index contributed by atoms with van der Waals surface area (Å²) in [6.07, 6.45) is 0. The van der Waals surface area contributed by atoms with Gasteiger partial charge in [-0.2, -0.15) is 0 Å². The van der Waals surface area contributed by atoms with Crippen LogP contribution in [0.25, 0.3) is 0 Å². The zero-order valence-corrected chi connectivity index (χ0v) is 12.0. The number of benzene rings is 2. The van der Waals surface area contributed by atoms with Crippen LogP contribution in [0, 0.1) is 6.92 Å². The molecule has 2 aromatic carbocycles. The third kappa shape index (κ3) is 3.35. The van der Waals surface area contributed by atoms with Crippen molar-refractivity contribution in [1.82, 2.24) is 0 Å². The first-order chi connectivity index (χ1) is 8.19. The van der Waals surface area contributed by atoms with E-state index in [9.17, 15) is 0 Å². The first-order valence-electron chi connectivity index (χ1n) is 5.42. The van der Waals surface area contributed by atoms with Crippen LogP contribution in [0.5, 0.6) is 0 Å². The summed E-state index contributed by atoms with van der Waals surface area (Å²) in [6.45, 7) is 2.66. The zero-order chi connectivity index (χ0) is 12.3. The van der Waals surface area contributed by atoms with Gasteiger partial charge >= 0.3 is 0 Å². The van der Waals surface area contributed by atoms with Gasteiger partial charge in [0.25, 0.3) is 0 Å². The molecule has 0 fully saturated rings. The second-order valence-corrected chi connectivity index (χ2v) is 5.90. The molecule has 2 aromatic rings. The number of aryl methyl sites for hydroxylation is 1. The van der Waals surface area contributed by atoms with E-state index in [0.717, 1.165) is 4.47 Å². The van der Waals surface area contributed by atoms with Crippen molar-refractivity contribution in [3.8, 4) is 0 Å². The zero-order valence-electron chi connectivity index (χ0n) is 9.61. The summed E-state index contributed by atoms with van der Waals surface area (Å²) in [5.41, 5.74) is 8.22. The van der Waals surface area contributed by atoms with Crippen LogP contribution in [0.3, 0.4) is 0 Å². The molecule has 0 aliphatic heterocycles. The maximum atomic E-state index is 5.76. The monoisotopic (exact) mass is 307 g/mol. The van der Waals surface area contributed by atoms with Crippen LogP contribution in [0.2, 0.25) is 0 Å². The van der Waals surface area contributed by atoms with E-state index in [1.165, 1.54) is 20.9 Å². The fourth-order valence-corrected chi connectivity index (χ4v) is 2.88. The average molecular weight is 308 g/mol. The van der Waals surface area contributed by atoms with Gasteiger partial charge < -0.3 is 5.73 Å². The molecule has 0 heterocycles. The number of halogens is 1. The summed E-state index contributed by atoms with van der Waals surface area (Å²) < 4.78 is 1.08. The molecule has 0 radical (unpaired) electrons. The van der Waals surface area contributed by atoms with Gasteiger partial charge in [0.1, 0.15) is 0 Å². The van der Waals surface area contributed by atoms with E-state index in [4.69, 9.17) is 5.73 Å². The summed E-state index contributed by atoms with van der Waals surface area (Å²) in [5.74, 6) is 0. The molecule has 0 bridgehead atoms. The van der Waals surface area contributed by atoms with E-state index < -0.39 is 0 Å². The fourth-order valence-electron chi connectivity index (χ4n) is 1.54. The largest absolute Gasteiger partial charge is 0.326 e. The van der Waals surface area contributed by atoms with Crippen molar-refractivity contribution >= 4 is 27.7 Å². The van der Waals surface area contributed by atoms with Gasteiger partial charge in [0.2, 0.25) is 0 Å². The lowest BCUT2D eigenvalue weighted by molar-refractivity contribution is 1.02. The number of nitrogens with two attached hydrogens (primary N) is 1. The van der Waals surface area contributed by atoms with Crippen LogP contribution in [-0.2, 0) is 6.54 Å². The fraction of sp³-hybridized carbons (Fsp3) is 0.143. The van der Waals surface area contributed by atoms with E-state index in [2.05, 4.69) is 65.3 Å². The van der Waals surface area contributed by atoms with Crippen molar-refractivity contribution in [1.29, 1.82) is 0 Å². The third-order valence-corrected chi connectivity index (χ3v) is 4.11. The highest BCUT2D eigenvalue weighted by atomic mass is 79.9. The Labute approximate surface area is 115 Å². The number of hydrogen-bond acceptors (Lipinski definition) is 2. The Bertz CT molecular complexity index is 508. The van der Waals surface area contributed by atoms with Gasteiger partial charge in [-0.1, -0.05) is 45.4 Å². The molecule has 0 aliphatic rings. The number of hydrogen-bond donors (Lipinski definition) is 1. The minimum absolute atomic E-state index is 0.563. The molecule has 0 atom stereocenters. The standard InChI is InChI=1S/C14H14BrNS/c1-10-2-5-13(6-3-10)17-14-7-4-12(15)8-11(14)9-16/h2-8H,9,16H2,1H3. The second kappa shape index (κ2) is 5.71. The van der Waals surface area contributed by atoms with Crippen LogP contribution >= 0.6 is 27.7 Å². The minimum Gasteiger partial charge on any atom is -0.326 e. The average Bonchev–Trinajstić information content (AvgIpc) is 2.34. The van der Waals surface area contributed by atoms with Crippen molar-refractivity contribution in [3.63, 3.8) is 0 Å².